The molecule has 1 amide bonds. The molecule has 1 aliphatic rings. The zero-order chi connectivity index (χ0) is 10.6. The first-order chi connectivity index (χ1) is 6.53. The van der Waals surface area contributed by atoms with Gasteiger partial charge in [-0.2, -0.15) is 0 Å². The first-order valence-corrected chi connectivity index (χ1v) is 5.53. The lowest BCUT2D eigenvalue weighted by Crippen LogP contribution is -2.38. The fraction of sp³-hybridized carbons (Fsp3) is 0.909. The summed E-state index contributed by atoms with van der Waals surface area (Å²) in [5.74, 6) is 0.200. The number of hydrogen-bond acceptors (Lipinski definition) is 2. The first kappa shape index (κ1) is 11.5. The number of nitrogens with one attached hydrogen (secondary N) is 2. The van der Waals surface area contributed by atoms with Crippen LogP contribution in [-0.2, 0) is 4.79 Å². The van der Waals surface area contributed by atoms with Gasteiger partial charge in [0.2, 0.25) is 5.91 Å². The van der Waals surface area contributed by atoms with Crippen LogP contribution in [0.25, 0.3) is 0 Å². The van der Waals surface area contributed by atoms with E-state index in [1.54, 1.807) is 0 Å². The van der Waals surface area contributed by atoms with Crippen molar-refractivity contribution < 1.29 is 4.79 Å². The molecule has 14 heavy (non-hydrogen) atoms. The molecule has 1 rings (SSSR count). The Morgan fingerprint density at radius 1 is 1.57 bits per heavy atom. The van der Waals surface area contributed by atoms with E-state index in [0.717, 1.165) is 25.9 Å². The van der Waals surface area contributed by atoms with Gasteiger partial charge >= 0.3 is 0 Å². The maximum Gasteiger partial charge on any atom is 0.220 e. The van der Waals surface area contributed by atoms with Crippen molar-refractivity contribution >= 4 is 5.91 Å². The van der Waals surface area contributed by atoms with Crippen LogP contribution in [0.1, 0.15) is 40.0 Å². The zero-order valence-corrected chi connectivity index (χ0v) is 9.52. The maximum atomic E-state index is 11.6. The summed E-state index contributed by atoms with van der Waals surface area (Å²) in [6.45, 7) is 8.36. The molecule has 0 saturated carbocycles. The van der Waals surface area contributed by atoms with E-state index in [1.165, 1.54) is 0 Å². The average Bonchev–Trinajstić information content (AvgIpc) is 2.55. The van der Waals surface area contributed by atoms with Crippen LogP contribution in [0.2, 0.25) is 0 Å². The standard InChI is InChI=1S/C11H22N2O/c1-4-11(2,3)7-10(14)13-9-5-6-12-8-9/h9,12H,4-8H2,1-3H3,(H,13,14). The van der Waals surface area contributed by atoms with Gasteiger partial charge in [-0.3, -0.25) is 4.79 Å². The highest BCUT2D eigenvalue weighted by atomic mass is 16.1. The lowest BCUT2D eigenvalue weighted by Gasteiger charge is -2.22. The third-order valence-electron chi connectivity index (χ3n) is 3.02. The van der Waals surface area contributed by atoms with Gasteiger partial charge in [-0.15, -0.1) is 0 Å². The Kier molecular flexibility index (Phi) is 3.93. The lowest BCUT2D eigenvalue weighted by atomic mass is 9.86. The number of hydrogen-bond donors (Lipinski definition) is 2. The summed E-state index contributed by atoms with van der Waals surface area (Å²) in [7, 11) is 0. The Labute approximate surface area is 86.6 Å². The Morgan fingerprint density at radius 3 is 2.79 bits per heavy atom. The molecule has 82 valence electrons. The Hall–Kier alpha value is -0.570. The molecule has 0 radical (unpaired) electrons. The molecule has 2 N–H and O–H groups in total. The minimum atomic E-state index is 0.135. The van der Waals surface area contributed by atoms with Crippen molar-refractivity contribution in [1.82, 2.24) is 10.6 Å². The van der Waals surface area contributed by atoms with E-state index in [-0.39, 0.29) is 11.3 Å². The molecule has 1 atom stereocenters. The predicted octanol–water partition coefficient (Wildman–Crippen LogP) is 1.29. The van der Waals surface area contributed by atoms with Crippen molar-refractivity contribution in [2.75, 3.05) is 13.1 Å². The van der Waals surface area contributed by atoms with Gasteiger partial charge < -0.3 is 10.6 Å². The van der Waals surface area contributed by atoms with Crippen molar-refractivity contribution in [3.05, 3.63) is 0 Å². The van der Waals surface area contributed by atoms with E-state index >= 15 is 0 Å². The minimum Gasteiger partial charge on any atom is -0.352 e. The van der Waals surface area contributed by atoms with E-state index in [0.29, 0.717) is 12.5 Å². The van der Waals surface area contributed by atoms with E-state index in [2.05, 4.69) is 31.4 Å². The van der Waals surface area contributed by atoms with E-state index in [9.17, 15) is 4.79 Å². The third-order valence-corrected chi connectivity index (χ3v) is 3.02. The van der Waals surface area contributed by atoms with Crippen molar-refractivity contribution in [2.45, 2.75) is 46.1 Å². The summed E-state index contributed by atoms with van der Waals surface area (Å²) < 4.78 is 0. The van der Waals surface area contributed by atoms with Crippen LogP contribution < -0.4 is 10.6 Å². The quantitative estimate of drug-likeness (QED) is 0.714. The van der Waals surface area contributed by atoms with Crippen molar-refractivity contribution in [2.24, 2.45) is 5.41 Å². The SMILES string of the molecule is CCC(C)(C)CC(=O)NC1CCNC1. The molecule has 3 heteroatoms. The highest BCUT2D eigenvalue weighted by Gasteiger charge is 2.22. The van der Waals surface area contributed by atoms with Gasteiger partial charge in [0.15, 0.2) is 0 Å². The van der Waals surface area contributed by atoms with E-state index < -0.39 is 0 Å². The monoisotopic (exact) mass is 198 g/mol. The molecule has 0 aromatic heterocycles. The molecule has 0 aliphatic carbocycles. The Morgan fingerprint density at radius 2 is 2.29 bits per heavy atom. The molecule has 1 heterocycles. The summed E-state index contributed by atoms with van der Waals surface area (Å²) in [5, 5.41) is 6.31. The molecule has 1 aliphatic heterocycles. The van der Waals surface area contributed by atoms with E-state index in [4.69, 9.17) is 0 Å². The summed E-state index contributed by atoms with van der Waals surface area (Å²) in [6.07, 6.45) is 2.75. The van der Waals surface area contributed by atoms with Gasteiger partial charge in [0.05, 0.1) is 0 Å². The molecular weight excluding hydrogens is 176 g/mol. The fourth-order valence-electron chi connectivity index (χ4n) is 1.62. The highest BCUT2D eigenvalue weighted by molar-refractivity contribution is 5.77. The second kappa shape index (κ2) is 4.78. The molecule has 3 nitrogen and oxygen atoms in total. The third kappa shape index (κ3) is 3.66. The second-order valence-corrected chi connectivity index (χ2v) is 4.95. The summed E-state index contributed by atoms with van der Waals surface area (Å²) in [6, 6.07) is 0.357. The molecule has 1 fully saturated rings. The Balaban J connectivity index is 2.27. The van der Waals surface area contributed by atoms with Crippen LogP contribution in [-0.4, -0.2) is 25.0 Å². The zero-order valence-electron chi connectivity index (χ0n) is 9.52. The molecule has 0 aromatic rings. The van der Waals surface area contributed by atoms with Crippen molar-refractivity contribution in [3.63, 3.8) is 0 Å². The predicted molar refractivity (Wildman–Crippen MR) is 58.1 cm³/mol. The average molecular weight is 198 g/mol. The molecule has 0 bridgehead atoms. The summed E-state index contributed by atoms with van der Waals surface area (Å²) >= 11 is 0. The fourth-order valence-corrected chi connectivity index (χ4v) is 1.62. The van der Waals surface area contributed by atoms with Gasteiger partial charge in [-0.1, -0.05) is 27.2 Å². The highest BCUT2D eigenvalue weighted by Crippen LogP contribution is 2.24. The van der Waals surface area contributed by atoms with Crippen molar-refractivity contribution in [3.8, 4) is 0 Å². The summed E-state index contributed by atoms with van der Waals surface area (Å²) in [4.78, 5) is 11.6. The van der Waals surface area contributed by atoms with Crippen LogP contribution in [0.15, 0.2) is 0 Å². The topological polar surface area (TPSA) is 41.1 Å². The lowest BCUT2D eigenvalue weighted by molar-refractivity contribution is -0.123. The summed E-state index contributed by atoms with van der Waals surface area (Å²) in [5.41, 5.74) is 0.135. The van der Waals surface area contributed by atoms with Crippen LogP contribution in [0.5, 0.6) is 0 Å². The minimum absolute atomic E-state index is 0.135. The first-order valence-electron chi connectivity index (χ1n) is 5.53. The van der Waals surface area contributed by atoms with Crippen LogP contribution in [0.3, 0.4) is 0 Å². The van der Waals surface area contributed by atoms with Crippen molar-refractivity contribution in [1.29, 1.82) is 0 Å². The molecule has 0 aromatic carbocycles. The van der Waals surface area contributed by atoms with Crippen LogP contribution in [0, 0.1) is 5.41 Å². The normalized spacial score (nSPS) is 22.4. The molecular formula is C11H22N2O. The smallest absolute Gasteiger partial charge is 0.220 e. The second-order valence-electron chi connectivity index (χ2n) is 4.95. The van der Waals surface area contributed by atoms with Gasteiger partial charge in [0.1, 0.15) is 0 Å². The maximum absolute atomic E-state index is 11.6. The number of amides is 1. The number of carbonyl (C=O) groups is 1. The van der Waals surface area contributed by atoms with Gasteiger partial charge in [0, 0.05) is 19.0 Å². The number of rotatable bonds is 4. The van der Waals surface area contributed by atoms with Crippen LogP contribution >= 0.6 is 0 Å². The van der Waals surface area contributed by atoms with E-state index in [1.807, 2.05) is 0 Å². The van der Waals surface area contributed by atoms with Gasteiger partial charge in [-0.05, 0) is 18.4 Å². The van der Waals surface area contributed by atoms with Gasteiger partial charge in [0.25, 0.3) is 0 Å². The molecule has 1 saturated heterocycles. The van der Waals surface area contributed by atoms with Gasteiger partial charge in [-0.25, -0.2) is 0 Å². The van der Waals surface area contributed by atoms with Crippen LogP contribution in [0.4, 0.5) is 0 Å². The molecule has 1 unspecified atom stereocenters. The molecule has 0 spiro atoms. The Bertz CT molecular complexity index is 195. The largest absolute Gasteiger partial charge is 0.352 e. The number of carbonyl (C=O) groups excluding carboxylic acids is 1.